The molecule has 140 valence electrons. The van der Waals surface area contributed by atoms with Crippen LogP contribution in [0.3, 0.4) is 0 Å². The number of halogens is 1. The number of amides is 3. The summed E-state index contributed by atoms with van der Waals surface area (Å²) in [5.74, 6) is 0.188. The van der Waals surface area contributed by atoms with Crippen LogP contribution in [0.2, 0.25) is 0 Å². The Bertz CT molecular complexity index is 862. The van der Waals surface area contributed by atoms with Gasteiger partial charge in [0.2, 0.25) is 5.91 Å². The number of fused-ring (bicyclic) bond motifs is 1. The van der Waals surface area contributed by atoms with Gasteiger partial charge in [0.25, 0.3) is 0 Å². The predicted octanol–water partition coefficient (Wildman–Crippen LogP) is 3.44. The summed E-state index contributed by atoms with van der Waals surface area (Å²) in [5, 5.41) is 5.59. The number of rotatable bonds is 4. The first-order valence-corrected chi connectivity index (χ1v) is 9.28. The van der Waals surface area contributed by atoms with Gasteiger partial charge in [-0.15, -0.1) is 0 Å². The van der Waals surface area contributed by atoms with Gasteiger partial charge in [-0.3, -0.25) is 4.79 Å². The van der Waals surface area contributed by atoms with Gasteiger partial charge in [-0.05, 0) is 60.2 Å². The number of carbonyl (C=O) groups excluding carboxylic acids is 2. The lowest BCUT2D eigenvalue weighted by atomic mass is 9.98. The highest BCUT2D eigenvalue weighted by atomic mass is 19.1. The third kappa shape index (κ3) is 4.27. The smallest absolute Gasteiger partial charge is 0.319 e. The summed E-state index contributed by atoms with van der Waals surface area (Å²) in [4.78, 5) is 26.4. The average Bonchev–Trinajstić information content (AvgIpc) is 3.52. The van der Waals surface area contributed by atoms with Crippen LogP contribution >= 0.6 is 0 Å². The van der Waals surface area contributed by atoms with E-state index in [4.69, 9.17) is 0 Å². The van der Waals surface area contributed by atoms with Crippen molar-refractivity contribution in [2.45, 2.75) is 32.4 Å². The number of nitrogens with zero attached hydrogens (tertiary/aromatic N) is 1. The van der Waals surface area contributed by atoms with Crippen molar-refractivity contribution in [3.63, 3.8) is 0 Å². The molecule has 0 atom stereocenters. The Kier molecular flexibility index (Phi) is 4.79. The van der Waals surface area contributed by atoms with E-state index in [0.29, 0.717) is 18.8 Å². The normalized spacial score (nSPS) is 15.8. The number of benzene rings is 2. The predicted molar refractivity (Wildman–Crippen MR) is 101 cm³/mol. The van der Waals surface area contributed by atoms with Crippen molar-refractivity contribution >= 4 is 17.6 Å². The van der Waals surface area contributed by atoms with E-state index in [2.05, 4.69) is 10.6 Å². The minimum atomic E-state index is -0.319. The van der Waals surface area contributed by atoms with E-state index in [1.54, 1.807) is 12.1 Å². The maximum atomic E-state index is 12.9. The van der Waals surface area contributed by atoms with Crippen LogP contribution in [0.25, 0.3) is 0 Å². The summed E-state index contributed by atoms with van der Waals surface area (Å²) in [7, 11) is 0. The zero-order valence-electron chi connectivity index (χ0n) is 15.0. The van der Waals surface area contributed by atoms with Gasteiger partial charge in [-0.25, -0.2) is 9.18 Å². The minimum absolute atomic E-state index is 0.227. The standard InChI is InChI=1S/C21H22FN3O2/c22-18-6-1-14(2-7-18)12-23-21(27)24-19-8-5-15-9-10-25(13-17(15)11-19)20(26)16-3-4-16/h1-2,5-8,11,16H,3-4,9-10,12-13H2,(H2,23,24,27). The van der Waals surface area contributed by atoms with Gasteiger partial charge in [-0.1, -0.05) is 18.2 Å². The average molecular weight is 367 g/mol. The molecule has 0 radical (unpaired) electrons. The van der Waals surface area contributed by atoms with Crippen LogP contribution in [0.4, 0.5) is 14.9 Å². The molecule has 0 unspecified atom stereocenters. The maximum Gasteiger partial charge on any atom is 0.319 e. The van der Waals surface area contributed by atoms with Gasteiger partial charge < -0.3 is 15.5 Å². The van der Waals surface area contributed by atoms with Gasteiger partial charge in [0.15, 0.2) is 0 Å². The van der Waals surface area contributed by atoms with Crippen LogP contribution in [-0.4, -0.2) is 23.4 Å². The third-order valence-corrected chi connectivity index (χ3v) is 5.08. The van der Waals surface area contributed by atoms with Crippen molar-refractivity contribution < 1.29 is 14.0 Å². The van der Waals surface area contributed by atoms with Crippen molar-refractivity contribution in [1.82, 2.24) is 10.2 Å². The van der Waals surface area contributed by atoms with Crippen molar-refractivity contribution in [2.75, 3.05) is 11.9 Å². The summed E-state index contributed by atoms with van der Waals surface area (Å²) in [6.45, 7) is 1.70. The molecule has 2 aliphatic rings. The highest BCUT2D eigenvalue weighted by Gasteiger charge is 2.34. The van der Waals surface area contributed by atoms with Crippen molar-refractivity contribution in [2.24, 2.45) is 5.92 Å². The van der Waals surface area contributed by atoms with E-state index in [0.717, 1.165) is 36.9 Å². The molecule has 1 aliphatic heterocycles. The number of hydrogen-bond acceptors (Lipinski definition) is 2. The highest BCUT2D eigenvalue weighted by molar-refractivity contribution is 5.89. The Morgan fingerprint density at radius 3 is 2.59 bits per heavy atom. The fourth-order valence-corrected chi connectivity index (χ4v) is 3.37. The Morgan fingerprint density at radius 1 is 1.07 bits per heavy atom. The lowest BCUT2D eigenvalue weighted by molar-refractivity contribution is -0.133. The van der Waals surface area contributed by atoms with E-state index in [1.165, 1.54) is 17.7 Å². The van der Waals surface area contributed by atoms with Crippen LogP contribution in [0.5, 0.6) is 0 Å². The number of nitrogens with one attached hydrogen (secondary N) is 2. The maximum absolute atomic E-state index is 12.9. The van der Waals surface area contributed by atoms with E-state index >= 15 is 0 Å². The molecule has 1 aliphatic carbocycles. The van der Waals surface area contributed by atoms with Gasteiger partial charge in [0, 0.05) is 31.2 Å². The van der Waals surface area contributed by atoms with Crippen molar-refractivity contribution in [1.29, 1.82) is 0 Å². The van der Waals surface area contributed by atoms with Crippen molar-refractivity contribution in [3.8, 4) is 0 Å². The SMILES string of the molecule is O=C(NCc1ccc(F)cc1)Nc1ccc2c(c1)CN(C(=O)C1CC1)CC2. The molecular weight excluding hydrogens is 345 g/mol. The van der Waals surface area contributed by atoms with E-state index in [1.807, 2.05) is 23.1 Å². The van der Waals surface area contributed by atoms with Gasteiger partial charge >= 0.3 is 6.03 Å². The topological polar surface area (TPSA) is 61.4 Å². The quantitative estimate of drug-likeness (QED) is 0.870. The summed E-state index contributed by atoms with van der Waals surface area (Å²) >= 11 is 0. The first kappa shape index (κ1) is 17.5. The highest BCUT2D eigenvalue weighted by Crippen LogP contribution is 2.33. The molecule has 2 N–H and O–H groups in total. The molecule has 4 rings (SSSR count). The molecule has 0 aromatic heterocycles. The molecule has 27 heavy (non-hydrogen) atoms. The van der Waals surface area contributed by atoms with Crippen LogP contribution in [0.15, 0.2) is 42.5 Å². The monoisotopic (exact) mass is 367 g/mol. The summed E-state index contributed by atoms with van der Waals surface area (Å²) in [6, 6.07) is 11.5. The molecule has 1 fully saturated rings. The summed E-state index contributed by atoms with van der Waals surface area (Å²) < 4.78 is 12.9. The Labute approximate surface area is 157 Å². The first-order chi connectivity index (χ1) is 13.1. The molecule has 3 amide bonds. The molecule has 2 aromatic carbocycles. The molecule has 0 spiro atoms. The van der Waals surface area contributed by atoms with Crippen LogP contribution in [0.1, 0.15) is 29.5 Å². The lowest BCUT2D eigenvalue weighted by Crippen LogP contribution is -2.37. The summed E-state index contributed by atoms with van der Waals surface area (Å²) in [6.07, 6.45) is 2.88. The van der Waals surface area contributed by atoms with Crippen molar-refractivity contribution in [3.05, 3.63) is 65.0 Å². The number of carbonyl (C=O) groups is 2. The van der Waals surface area contributed by atoms with Gasteiger partial charge in [-0.2, -0.15) is 0 Å². The van der Waals surface area contributed by atoms with Crippen LogP contribution in [-0.2, 0) is 24.3 Å². The van der Waals surface area contributed by atoms with Crippen LogP contribution < -0.4 is 10.6 Å². The Hall–Kier alpha value is -2.89. The largest absolute Gasteiger partial charge is 0.338 e. The summed E-state index contributed by atoms with van der Waals surface area (Å²) in [5.41, 5.74) is 3.84. The molecule has 0 saturated heterocycles. The zero-order chi connectivity index (χ0) is 18.8. The second kappa shape index (κ2) is 7.39. The third-order valence-electron chi connectivity index (χ3n) is 5.08. The first-order valence-electron chi connectivity index (χ1n) is 9.28. The molecule has 5 nitrogen and oxygen atoms in total. The fourth-order valence-electron chi connectivity index (χ4n) is 3.37. The zero-order valence-corrected chi connectivity index (χ0v) is 15.0. The second-order valence-electron chi connectivity index (χ2n) is 7.20. The molecular formula is C21H22FN3O2. The van der Waals surface area contributed by atoms with E-state index in [-0.39, 0.29) is 23.7 Å². The Balaban J connectivity index is 1.35. The lowest BCUT2D eigenvalue weighted by Gasteiger charge is -2.29. The number of anilines is 1. The van der Waals surface area contributed by atoms with Crippen LogP contribution in [0, 0.1) is 11.7 Å². The number of hydrogen-bond donors (Lipinski definition) is 2. The molecule has 6 heteroatoms. The molecule has 2 aromatic rings. The number of urea groups is 1. The molecule has 0 bridgehead atoms. The van der Waals surface area contributed by atoms with E-state index < -0.39 is 0 Å². The van der Waals surface area contributed by atoms with Gasteiger partial charge in [0.05, 0.1) is 0 Å². The second-order valence-corrected chi connectivity index (χ2v) is 7.20. The minimum Gasteiger partial charge on any atom is -0.338 e. The Morgan fingerprint density at radius 2 is 1.85 bits per heavy atom. The molecule has 1 saturated carbocycles. The van der Waals surface area contributed by atoms with Gasteiger partial charge in [0.1, 0.15) is 5.82 Å². The van der Waals surface area contributed by atoms with E-state index in [9.17, 15) is 14.0 Å². The molecule has 1 heterocycles. The fraction of sp³-hybridized carbons (Fsp3) is 0.333.